The Morgan fingerprint density at radius 3 is 2.58 bits per heavy atom. The van der Waals surface area contributed by atoms with Crippen LogP contribution in [0.25, 0.3) is 10.9 Å². The Labute approximate surface area is 176 Å². The molecule has 31 heavy (non-hydrogen) atoms. The first-order chi connectivity index (χ1) is 14.8. The zero-order valence-electron chi connectivity index (χ0n) is 16.6. The number of benzene rings is 1. The van der Waals surface area contributed by atoms with Crippen LogP contribution in [-0.4, -0.2) is 55.7 Å². The predicted molar refractivity (Wildman–Crippen MR) is 105 cm³/mol. The Morgan fingerprint density at radius 1 is 1.16 bits per heavy atom. The number of carbonyl (C=O) groups excluding carboxylic acids is 1. The van der Waals surface area contributed by atoms with Crippen LogP contribution in [0.4, 0.5) is 23.8 Å². The third kappa shape index (κ3) is 4.21. The molecule has 1 atom stereocenters. The van der Waals surface area contributed by atoms with Crippen LogP contribution in [0.1, 0.15) is 44.1 Å². The van der Waals surface area contributed by atoms with Gasteiger partial charge >= 0.3 is 12.3 Å². The second-order valence-corrected chi connectivity index (χ2v) is 7.82. The third-order valence-corrected chi connectivity index (χ3v) is 5.83. The van der Waals surface area contributed by atoms with Crippen molar-refractivity contribution >= 4 is 28.7 Å². The summed E-state index contributed by atoms with van der Waals surface area (Å²) in [6.07, 6.45) is 0.0741. The number of rotatable bonds is 4. The number of carboxylic acid groups (broad SMARTS) is 1. The average Bonchev–Trinajstić information content (AvgIpc) is 3.08. The van der Waals surface area contributed by atoms with Crippen molar-refractivity contribution in [3.05, 3.63) is 30.1 Å². The summed E-state index contributed by atoms with van der Waals surface area (Å²) in [4.78, 5) is 32.9. The largest absolute Gasteiger partial charge is 0.464 e. The van der Waals surface area contributed by atoms with E-state index < -0.39 is 29.8 Å². The molecule has 1 saturated heterocycles. The molecule has 2 N–H and O–H groups in total. The van der Waals surface area contributed by atoms with Gasteiger partial charge < -0.3 is 10.4 Å². The quantitative estimate of drug-likeness (QED) is 0.753. The van der Waals surface area contributed by atoms with E-state index in [1.807, 2.05) is 0 Å². The Kier molecular flexibility index (Phi) is 5.59. The van der Waals surface area contributed by atoms with Crippen LogP contribution in [0.15, 0.2) is 24.5 Å². The van der Waals surface area contributed by atoms with E-state index in [9.17, 15) is 27.9 Å². The SMILES string of the molecule is O=C1C(Nc2ncnc3ccc(C(F)(F)F)cc23)CCN1N(C(=O)O)C1CCCCC1. The first kappa shape index (κ1) is 21.1. The number of halogens is 3. The minimum Gasteiger partial charge on any atom is -0.464 e. The van der Waals surface area contributed by atoms with Gasteiger partial charge in [-0.1, -0.05) is 19.3 Å². The van der Waals surface area contributed by atoms with Gasteiger partial charge in [0.2, 0.25) is 0 Å². The van der Waals surface area contributed by atoms with Crippen molar-refractivity contribution < 1.29 is 27.9 Å². The maximum absolute atomic E-state index is 13.1. The van der Waals surface area contributed by atoms with Crippen molar-refractivity contribution in [1.82, 2.24) is 20.0 Å². The molecule has 2 aliphatic rings. The highest BCUT2D eigenvalue weighted by Crippen LogP contribution is 2.33. The molecule has 2 heterocycles. The van der Waals surface area contributed by atoms with Crippen molar-refractivity contribution in [3.8, 4) is 0 Å². The molecule has 1 aliphatic carbocycles. The minimum absolute atomic E-state index is 0.107. The maximum atomic E-state index is 13.1. The molecule has 11 heteroatoms. The lowest BCUT2D eigenvalue weighted by atomic mass is 9.95. The van der Waals surface area contributed by atoms with E-state index in [0.717, 1.165) is 36.4 Å². The summed E-state index contributed by atoms with van der Waals surface area (Å²) in [5.41, 5.74) is -0.534. The molecule has 1 unspecified atom stereocenters. The van der Waals surface area contributed by atoms with Crippen LogP contribution in [0, 0.1) is 0 Å². The van der Waals surface area contributed by atoms with Gasteiger partial charge in [-0.3, -0.25) is 4.79 Å². The molecule has 8 nitrogen and oxygen atoms in total. The van der Waals surface area contributed by atoms with Gasteiger partial charge in [0.1, 0.15) is 18.2 Å². The normalized spacial score (nSPS) is 20.3. The molecule has 0 bridgehead atoms. The van der Waals surface area contributed by atoms with Gasteiger partial charge in [-0.2, -0.15) is 13.2 Å². The Bertz CT molecular complexity index is 994. The van der Waals surface area contributed by atoms with E-state index in [2.05, 4.69) is 15.3 Å². The predicted octanol–water partition coefficient (Wildman–Crippen LogP) is 3.89. The van der Waals surface area contributed by atoms with Crippen molar-refractivity contribution in [1.29, 1.82) is 0 Å². The molecule has 166 valence electrons. The van der Waals surface area contributed by atoms with Crippen molar-refractivity contribution in [2.75, 3.05) is 11.9 Å². The number of alkyl halides is 3. The second kappa shape index (κ2) is 8.20. The van der Waals surface area contributed by atoms with Crippen LogP contribution in [0.3, 0.4) is 0 Å². The lowest BCUT2D eigenvalue weighted by Crippen LogP contribution is -2.54. The van der Waals surface area contributed by atoms with E-state index in [4.69, 9.17) is 0 Å². The number of aromatic nitrogens is 2. The lowest BCUT2D eigenvalue weighted by Gasteiger charge is -2.37. The van der Waals surface area contributed by atoms with Crippen LogP contribution in [0.2, 0.25) is 0 Å². The molecule has 1 aromatic heterocycles. The Hall–Kier alpha value is -3.11. The lowest BCUT2D eigenvalue weighted by molar-refractivity contribution is -0.145. The zero-order valence-corrected chi connectivity index (χ0v) is 16.6. The van der Waals surface area contributed by atoms with Gasteiger partial charge in [0.15, 0.2) is 0 Å². The summed E-state index contributed by atoms with van der Waals surface area (Å²) < 4.78 is 39.4. The average molecular weight is 437 g/mol. The molecule has 0 spiro atoms. The Balaban J connectivity index is 1.57. The van der Waals surface area contributed by atoms with Gasteiger partial charge in [0.05, 0.1) is 17.1 Å². The highest BCUT2D eigenvalue weighted by molar-refractivity contribution is 5.93. The fourth-order valence-corrected chi connectivity index (χ4v) is 4.31. The topological polar surface area (TPSA) is 98.7 Å². The first-order valence-corrected chi connectivity index (χ1v) is 10.2. The number of nitrogens with one attached hydrogen (secondary N) is 1. The van der Waals surface area contributed by atoms with Crippen molar-refractivity contribution in [3.63, 3.8) is 0 Å². The summed E-state index contributed by atoms with van der Waals surface area (Å²) in [5.74, 6) is -0.331. The number of hydrazine groups is 1. The number of hydrogen-bond donors (Lipinski definition) is 2. The number of nitrogens with zero attached hydrogens (tertiary/aromatic N) is 4. The second-order valence-electron chi connectivity index (χ2n) is 7.82. The van der Waals surface area contributed by atoms with Crippen LogP contribution in [-0.2, 0) is 11.0 Å². The monoisotopic (exact) mass is 437 g/mol. The molecule has 0 radical (unpaired) electrons. The Morgan fingerprint density at radius 2 is 1.90 bits per heavy atom. The standard InChI is InChI=1S/C20H22F3N5O3/c21-20(22,23)12-6-7-15-14(10-12)17(25-11-24-15)26-16-8-9-27(18(16)29)28(19(30)31)13-4-2-1-3-5-13/h6-7,10-11,13,16H,1-5,8-9H2,(H,30,31)(H,24,25,26). The smallest absolute Gasteiger partial charge is 0.426 e. The van der Waals surface area contributed by atoms with Crippen LogP contribution >= 0.6 is 0 Å². The number of hydrogen-bond acceptors (Lipinski definition) is 5. The van der Waals surface area contributed by atoms with Gasteiger partial charge in [0, 0.05) is 11.9 Å². The molecular weight excluding hydrogens is 415 g/mol. The number of amides is 2. The summed E-state index contributed by atoms with van der Waals surface area (Å²) in [7, 11) is 0. The van der Waals surface area contributed by atoms with Gasteiger partial charge in [0.25, 0.3) is 5.91 Å². The molecule has 1 saturated carbocycles. The third-order valence-electron chi connectivity index (χ3n) is 5.83. The minimum atomic E-state index is -4.52. The van der Waals surface area contributed by atoms with E-state index >= 15 is 0 Å². The van der Waals surface area contributed by atoms with Crippen LogP contribution < -0.4 is 5.32 Å². The summed E-state index contributed by atoms with van der Waals surface area (Å²) in [5, 5.41) is 15.1. The maximum Gasteiger partial charge on any atom is 0.426 e. The van der Waals surface area contributed by atoms with Gasteiger partial charge in [-0.25, -0.2) is 24.8 Å². The van der Waals surface area contributed by atoms with E-state index in [0.29, 0.717) is 24.8 Å². The van der Waals surface area contributed by atoms with E-state index in [1.165, 1.54) is 17.4 Å². The molecule has 4 rings (SSSR count). The molecule has 1 aliphatic heterocycles. The molecule has 2 aromatic rings. The van der Waals surface area contributed by atoms with Crippen molar-refractivity contribution in [2.45, 2.75) is 56.8 Å². The summed E-state index contributed by atoms with van der Waals surface area (Å²) in [6, 6.07) is 2.10. The fourth-order valence-electron chi connectivity index (χ4n) is 4.31. The fraction of sp³-hybridized carbons (Fsp3) is 0.500. The van der Waals surface area contributed by atoms with Crippen molar-refractivity contribution in [2.24, 2.45) is 0 Å². The molecule has 1 aromatic carbocycles. The number of fused-ring (bicyclic) bond motifs is 1. The van der Waals surface area contributed by atoms with Gasteiger partial charge in [-0.05, 0) is 37.5 Å². The number of carbonyl (C=O) groups is 2. The van der Waals surface area contributed by atoms with E-state index in [-0.39, 0.29) is 23.8 Å². The highest BCUT2D eigenvalue weighted by atomic mass is 19.4. The van der Waals surface area contributed by atoms with E-state index in [1.54, 1.807) is 0 Å². The van der Waals surface area contributed by atoms with Crippen LogP contribution in [0.5, 0.6) is 0 Å². The molecule has 2 fully saturated rings. The molecular formula is C20H22F3N5O3. The first-order valence-electron chi connectivity index (χ1n) is 10.2. The summed E-state index contributed by atoms with van der Waals surface area (Å²) in [6.45, 7) is 0.204. The zero-order chi connectivity index (χ0) is 22.2. The molecule has 2 amide bonds. The highest BCUT2D eigenvalue weighted by Gasteiger charge is 2.41. The summed E-state index contributed by atoms with van der Waals surface area (Å²) >= 11 is 0. The number of anilines is 1. The van der Waals surface area contributed by atoms with Gasteiger partial charge in [-0.15, -0.1) is 0 Å².